The molecule has 112 valence electrons. The third kappa shape index (κ3) is 4.17. The fraction of sp³-hybridized carbons (Fsp3) is 1.00. The average Bonchev–Trinajstić information content (AvgIpc) is 2.86. The van der Waals surface area contributed by atoms with Crippen molar-refractivity contribution >= 4 is 0 Å². The summed E-state index contributed by atoms with van der Waals surface area (Å²) in [5, 5.41) is 13.2. The molecule has 4 unspecified atom stereocenters. The minimum Gasteiger partial charge on any atom is -0.396 e. The molecule has 4 atom stereocenters. The van der Waals surface area contributed by atoms with Crippen molar-refractivity contribution in [1.29, 1.82) is 0 Å². The molecule has 1 heterocycles. The van der Waals surface area contributed by atoms with E-state index in [0.717, 1.165) is 5.92 Å². The van der Waals surface area contributed by atoms with E-state index in [2.05, 4.69) is 24.1 Å². The van der Waals surface area contributed by atoms with Crippen molar-refractivity contribution in [2.75, 3.05) is 26.2 Å². The van der Waals surface area contributed by atoms with E-state index in [1.165, 1.54) is 58.2 Å². The monoisotopic (exact) mass is 268 g/mol. The van der Waals surface area contributed by atoms with Crippen molar-refractivity contribution in [2.45, 2.75) is 64.5 Å². The Morgan fingerprint density at radius 2 is 2.11 bits per heavy atom. The third-order valence-electron chi connectivity index (χ3n) is 5.16. The second-order valence-corrected chi connectivity index (χ2v) is 6.64. The highest BCUT2D eigenvalue weighted by Crippen LogP contribution is 2.27. The first-order valence-electron chi connectivity index (χ1n) is 8.33. The first-order chi connectivity index (χ1) is 9.24. The lowest BCUT2D eigenvalue weighted by Gasteiger charge is -2.37. The van der Waals surface area contributed by atoms with Gasteiger partial charge in [0.25, 0.3) is 0 Å². The summed E-state index contributed by atoms with van der Waals surface area (Å²) in [5.41, 5.74) is 0. The fourth-order valence-corrected chi connectivity index (χ4v) is 3.97. The Morgan fingerprint density at radius 1 is 1.26 bits per heavy atom. The number of rotatable bonds is 6. The minimum atomic E-state index is 0.358. The Hall–Kier alpha value is -0.120. The molecule has 0 amide bonds. The Morgan fingerprint density at radius 3 is 2.84 bits per heavy atom. The van der Waals surface area contributed by atoms with Gasteiger partial charge in [-0.25, -0.2) is 0 Å². The van der Waals surface area contributed by atoms with Crippen molar-refractivity contribution in [3.8, 4) is 0 Å². The first-order valence-corrected chi connectivity index (χ1v) is 8.33. The van der Waals surface area contributed by atoms with Gasteiger partial charge in [-0.05, 0) is 64.0 Å². The normalized spacial score (nSPS) is 34.6. The molecule has 0 aromatic rings. The van der Waals surface area contributed by atoms with Crippen LogP contribution >= 0.6 is 0 Å². The number of nitrogens with one attached hydrogen (secondary N) is 1. The summed E-state index contributed by atoms with van der Waals surface area (Å²) >= 11 is 0. The summed E-state index contributed by atoms with van der Waals surface area (Å²) in [6.07, 6.45) is 7.72. The molecule has 2 fully saturated rings. The summed E-state index contributed by atoms with van der Waals surface area (Å²) in [5.74, 6) is 1.29. The van der Waals surface area contributed by atoms with E-state index in [1.807, 2.05) is 0 Å². The molecular weight excluding hydrogens is 236 g/mol. The van der Waals surface area contributed by atoms with E-state index in [0.29, 0.717) is 24.6 Å². The average molecular weight is 268 g/mol. The molecule has 0 aromatic heterocycles. The van der Waals surface area contributed by atoms with Crippen molar-refractivity contribution in [3.05, 3.63) is 0 Å². The molecule has 1 saturated heterocycles. The molecule has 1 aliphatic carbocycles. The van der Waals surface area contributed by atoms with Crippen molar-refractivity contribution < 1.29 is 5.11 Å². The van der Waals surface area contributed by atoms with Gasteiger partial charge >= 0.3 is 0 Å². The van der Waals surface area contributed by atoms with Gasteiger partial charge in [-0.15, -0.1) is 0 Å². The molecule has 19 heavy (non-hydrogen) atoms. The predicted octanol–water partition coefficient (Wildman–Crippen LogP) is 2.25. The number of hydrogen-bond donors (Lipinski definition) is 2. The number of aliphatic hydroxyl groups excluding tert-OH is 1. The van der Waals surface area contributed by atoms with Crippen LogP contribution in [0, 0.1) is 11.8 Å². The van der Waals surface area contributed by atoms with Crippen LogP contribution in [0.25, 0.3) is 0 Å². The number of hydrogen-bond acceptors (Lipinski definition) is 3. The summed E-state index contributed by atoms with van der Waals surface area (Å²) in [4.78, 5) is 2.63. The zero-order valence-electron chi connectivity index (χ0n) is 12.8. The van der Waals surface area contributed by atoms with Gasteiger partial charge in [-0.3, -0.25) is 0 Å². The van der Waals surface area contributed by atoms with E-state index in [4.69, 9.17) is 0 Å². The standard InChI is InChI=1S/C16H32N2O/c1-3-9-18-10-5-7-14(11-18)13(2)17-16-8-4-6-15(16)12-19/h13-17,19H,3-12H2,1-2H3. The van der Waals surface area contributed by atoms with Crippen LogP contribution < -0.4 is 5.32 Å². The molecule has 1 saturated carbocycles. The Kier molecular flexibility index (Phi) is 6.11. The van der Waals surface area contributed by atoms with Gasteiger partial charge in [-0.2, -0.15) is 0 Å². The van der Waals surface area contributed by atoms with E-state index < -0.39 is 0 Å². The topological polar surface area (TPSA) is 35.5 Å². The minimum absolute atomic E-state index is 0.358. The summed E-state index contributed by atoms with van der Waals surface area (Å²) in [6.45, 7) is 8.80. The van der Waals surface area contributed by atoms with Crippen molar-refractivity contribution in [2.24, 2.45) is 11.8 Å². The zero-order chi connectivity index (χ0) is 13.7. The van der Waals surface area contributed by atoms with Crippen LogP contribution in [-0.4, -0.2) is 48.3 Å². The van der Waals surface area contributed by atoms with Gasteiger partial charge in [0.15, 0.2) is 0 Å². The molecule has 1 aliphatic heterocycles. The number of aliphatic hydroxyl groups is 1. The van der Waals surface area contributed by atoms with Gasteiger partial charge in [0.05, 0.1) is 0 Å². The van der Waals surface area contributed by atoms with Crippen LogP contribution in [0.5, 0.6) is 0 Å². The quantitative estimate of drug-likeness (QED) is 0.775. The number of likely N-dealkylation sites (tertiary alicyclic amines) is 1. The lowest BCUT2D eigenvalue weighted by atomic mass is 9.90. The Balaban J connectivity index is 1.80. The van der Waals surface area contributed by atoms with Crippen molar-refractivity contribution in [3.63, 3.8) is 0 Å². The molecule has 3 heteroatoms. The zero-order valence-corrected chi connectivity index (χ0v) is 12.8. The van der Waals surface area contributed by atoms with Crippen LogP contribution in [0.15, 0.2) is 0 Å². The molecule has 0 aromatic carbocycles. The fourth-order valence-electron chi connectivity index (χ4n) is 3.97. The molecule has 0 spiro atoms. The van der Waals surface area contributed by atoms with Crippen LogP contribution in [0.3, 0.4) is 0 Å². The highest BCUT2D eigenvalue weighted by atomic mass is 16.3. The molecule has 0 radical (unpaired) electrons. The second-order valence-electron chi connectivity index (χ2n) is 6.64. The van der Waals surface area contributed by atoms with E-state index >= 15 is 0 Å². The highest BCUT2D eigenvalue weighted by Gasteiger charge is 2.31. The lowest BCUT2D eigenvalue weighted by molar-refractivity contribution is 0.136. The van der Waals surface area contributed by atoms with Gasteiger partial charge in [0, 0.05) is 25.2 Å². The number of piperidine rings is 1. The van der Waals surface area contributed by atoms with Gasteiger partial charge in [-0.1, -0.05) is 13.3 Å². The lowest BCUT2D eigenvalue weighted by Crippen LogP contribution is -2.48. The number of nitrogens with zero attached hydrogens (tertiary/aromatic N) is 1. The van der Waals surface area contributed by atoms with Crippen LogP contribution in [0.2, 0.25) is 0 Å². The van der Waals surface area contributed by atoms with Gasteiger partial charge < -0.3 is 15.3 Å². The summed E-state index contributed by atoms with van der Waals surface area (Å²) in [6, 6.07) is 1.15. The SMILES string of the molecule is CCCN1CCCC(C(C)NC2CCCC2CO)C1. The maximum Gasteiger partial charge on any atom is 0.0474 e. The van der Waals surface area contributed by atoms with Gasteiger partial charge in [0.2, 0.25) is 0 Å². The van der Waals surface area contributed by atoms with E-state index in [9.17, 15) is 5.11 Å². The Labute approximate surface area is 118 Å². The van der Waals surface area contributed by atoms with Crippen LogP contribution in [0.1, 0.15) is 52.4 Å². The Bertz CT molecular complexity index is 257. The first kappa shape index (κ1) is 15.3. The van der Waals surface area contributed by atoms with Crippen molar-refractivity contribution in [1.82, 2.24) is 10.2 Å². The predicted molar refractivity (Wildman–Crippen MR) is 80.3 cm³/mol. The largest absolute Gasteiger partial charge is 0.396 e. The maximum atomic E-state index is 9.42. The molecule has 2 rings (SSSR count). The summed E-state index contributed by atoms with van der Waals surface area (Å²) < 4.78 is 0. The maximum absolute atomic E-state index is 9.42. The molecular formula is C16H32N2O. The van der Waals surface area contributed by atoms with E-state index in [-0.39, 0.29) is 0 Å². The van der Waals surface area contributed by atoms with E-state index in [1.54, 1.807) is 0 Å². The summed E-state index contributed by atoms with van der Waals surface area (Å²) in [7, 11) is 0. The molecule has 0 bridgehead atoms. The smallest absolute Gasteiger partial charge is 0.0474 e. The van der Waals surface area contributed by atoms with Gasteiger partial charge in [0.1, 0.15) is 0 Å². The molecule has 2 N–H and O–H groups in total. The van der Waals surface area contributed by atoms with Crippen LogP contribution in [-0.2, 0) is 0 Å². The second kappa shape index (κ2) is 7.61. The molecule has 3 nitrogen and oxygen atoms in total. The highest BCUT2D eigenvalue weighted by molar-refractivity contribution is 4.88. The van der Waals surface area contributed by atoms with Crippen LogP contribution in [0.4, 0.5) is 0 Å². The molecule has 2 aliphatic rings. The third-order valence-corrected chi connectivity index (χ3v) is 5.16.